The van der Waals surface area contributed by atoms with Crippen molar-refractivity contribution >= 4 is 23.5 Å². The van der Waals surface area contributed by atoms with E-state index in [4.69, 9.17) is 4.74 Å². The second kappa shape index (κ2) is 6.95. The van der Waals surface area contributed by atoms with Gasteiger partial charge in [-0.2, -0.15) is 11.8 Å². The lowest BCUT2D eigenvalue weighted by molar-refractivity contribution is -0.145. The molecule has 0 rings (SSSR count). The van der Waals surface area contributed by atoms with Gasteiger partial charge in [0.15, 0.2) is 0 Å². The maximum Gasteiger partial charge on any atom is 0.313 e. The van der Waals surface area contributed by atoms with E-state index in [0.717, 1.165) is 5.75 Å². The highest BCUT2D eigenvalue weighted by Crippen LogP contribution is 2.07. The van der Waals surface area contributed by atoms with Crippen LogP contribution in [-0.4, -0.2) is 29.4 Å². The Morgan fingerprint density at radius 2 is 2.00 bits per heavy atom. The van der Waals surface area contributed by atoms with E-state index in [1.807, 2.05) is 0 Å². The SMILES string of the molecule is CC(=O)CC(=O)OCCSC(C)C. The first-order valence-corrected chi connectivity index (χ1v) is 5.34. The van der Waals surface area contributed by atoms with Gasteiger partial charge in [-0.05, 0) is 12.2 Å². The van der Waals surface area contributed by atoms with Gasteiger partial charge in [0.2, 0.25) is 0 Å². The van der Waals surface area contributed by atoms with E-state index in [2.05, 4.69) is 13.8 Å². The number of hydrogen-bond donors (Lipinski definition) is 0. The highest BCUT2D eigenvalue weighted by atomic mass is 32.2. The number of Topliss-reactive ketones (excluding diaryl/α,β-unsaturated/α-hetero) is 1. The second-order valence-electron chi connectivity index (χ2n) is 3.02. The first-order chi connectivity index (χ1) is 6.02. The van der Waals surface area contributed by atoms with Crippen LogP contribution in [0.3, 0.4) is 0 Å². The molecule has 0 aromatic rings. The van der Waals surface area contributed by atoms with Gasteiger partial charge in [-0.1, -0.05) is 13.8 Å². The number of rotatable bonds is 6. The van der Waals surface area contributed by atoms with Crippen LogP contribution in [0, 0.1) is 0 Å². The molecule has 0 bridgehead atoms. The first-order valence-electron chi connectivity index (χ1n) is 4.29. The van der Waals surface area contributed by atoms with Crippen LogP contribution in [0.25, 0.3) is 0 Å². The van der Waals surface area contributed by atoms with Crippen molar-refractivity contribution < 1.29 is 14.3 Å². The zero-order valence-corrected chi connectivity index (χ0v) is 9.15. The van der Waals surface area contributed by atoms with Gasteiger partial charge in [0.05, 0.1) is 0 Å². The topological polar surface area (TPSA) is 43.4 Å². The highest BCUT2D eigenvalue weighted by Gasteiger charge is 2.05. The molecule has 0 aliphatic rings. The third-order valence-corrected chi connectivity index (χ3v) is 2.26. The van der Waals surface area contributed by atoms with Gasteiger partial charge in [-0.3, -0.25) is 9.59 Å². The predicted octanol–water partition coefficient (Wildman–Crippen LogP) is 1.65. The van der Waals surface area contributed by atoms with Crippen molar-refractivity contribution in [3.05, 3.63) is 0 Å². The molecule has 0 aliphatic heterocycles. The molecule has 0 heterocycles. The summed E-state index contributed by atoms with van der Waals surface area (Å²) in [5.41, 5.74) is 0. The average molecular weight is 204 g/mol. The van der Waals surface area contributed by atoms with Gasteiger partial charge in [0.1, 0.15) is 18.8 Å². The van der Waals surface area contributed by atoms with Crippen molar-refractivity contribution in [1.29, 1.82) is 0 Å². The lowest BCUT2D eigenvalue weighted by Crippen LogP contribution is -2.11. The smallest absolute Gasteiger partial charge is 0.313 e. The lowest BCUT2D eigenvalue weighted by atomic mass is 10.3. The van der Waals surface area contributed by atoms with E-state index < -0.39 is 5.97 Å². The summed E-state index contributed by atoms with van der Waals surface area (Å²) in [4.78, 5) is 21.3. The molecule has 0 aromatic carbocycles. The monoisotopic (exact) mass is 204 g/mol. The Bertz CT molecular complexity index is 178. The summed E-state index contributed by atoms with van der Waals surface area (Å²) in [6, 6.07) is 0. The Hall–Kier alpha value is -0.510. The standard InChI is InChI=1S/C9H16O3S/c1-7(2)13-5-4-12-9(11)6-8(3)10/h7H,4-6H2,1-3H3. The van der Waals surface area contributed by atoms with Crippen molar-refractivity contribution in [2.75, 3.05) is 12.4 Å². The summed E-state index contributed by atoms with van der Waals surface area (Å²) in [6.07, 6.45) is -0.105. The minimum absolute atomic E-state index is 0.105. The number of hydrogen-bond acceptors (Lipinski definition) is 4. The van der Waals surface area contributed by atoms with Crippen LogP contribution in [0.5, 0.6) is 0 Å². The Balaban J connectivity index is 3.32. The Morgan fingerprint density at radius 3 is 2.46 bits per heavy atom. The van der Waals surface area contributed by atoms with Gasteiger partial charge in [0.25, 0.3) is 0 Å². The molecule has 76 valence electrons. The zero-order valence-electron chi connectivity index (χ0n) is 8.33. The third-order valence-electron chi connectivity index (χ3n) is 1.19. The van der Waals surface area contributed by atoms with Gasteiger partial charge in [-0.25, -0.2) is 0 Å². The fourth-order valence-corrected chi connectivity index (χ4v) is 1.34. The van der Waals surface area contributed by atoms with Crippen LogP contribution in [0.15, 0.2) is 0 Å². The Morgan fingerprint density at radius 1 is 1.38 bits per heavy atom. The minimum Gasteiger partial charge on any atom is -0.464 e. The molecular formula is C9H16O3S. The molecule has 3 nitrogen and oxygen atoms in total. The number of ketones is 1. The molecule has 0 saturated carbocycles. The van der Waals surface area contributed by atoms with Crippen molar-refractivity contribution in [3.8, 4) is 0 Å². The van der Waals surface area contributed by atoms with Crippen LogP contribution >= 0.6 is 11.8 Å². The first kappa shape index (κ1) is 12.5. The largest absolute Gasteiger partial charge is 0.464 e. The molecule has 0 amide bonds. The number of ether oxygens (including phenoxy) is 1. The molecular weight excluding hydrogens is 188 g/mol. The molecule has 0 aliphatic carbocycles. The van der Waals surface area contributed by atoms with Gasteiger partial charge in [0, 0.05) is 5.75 Å². The molecule has 0 spiro atoms. The van der Waals surface area contributed by atoms with Crippen LogP contribution in [-0.2, 0) is 14.3 Å². The van der Waals surface area contributed by atoms with Gasteiger partial charge >= 0.3 is 5.97 Å². The molecule has 4 heteroatoms. The molecule has 0 atom stereocenters. The number of carbonyl (C=O) groups is 2. The van der Waals surface area contributed by atoms with Crippen LogP contribution in [0.2, 0.25) is 0 Å². The van der Waals surface area contributed by atoms with Crippen LogP contribution < -0.4 is 0 Å². The van der Waals surface area contributed by atoms with E-state index in [1.54, 1.807) is 11.8 Å². The average Bonchev–Trinajstić information content (AvgIpc) is 1.96. The number of thioether (sulfide) groups is 1. The maximum absolute atomic E-state index is 10.8. The van der Waals surface area contributed by atoms with Crippen molar-refractivity contribution in [1.82, 2.24) is 0 Å². The number of carbonyl (C=O) groups excluding carboxylic acids is 2. The predicted molar refractivity (Wildman–Crippen MR) is 53.9 cm³/mol. The van der Waals surface area contributed by atoms with Crippen LogP contribution in [0.1, 0.15) is 27.2 Å². The molecule has 0 saturated heterocycles. The van der Waals surface area contributed by atoms with Crippen LogP contribution in [0.4, 0.5) is 0 Å². The van der Waals surface area contributed by atoms with E-state index >= 15 is 0 Å². The van der Waals surface area contributed by atoms with Gasteiger partial charge < -0.3 is 4.74 Å². The molecule has 0 unspecified atom stereocenters. The summed E-state index contributed by atoms with van der Waals surface area (Å²) < 4.78 is 4.82. The molecule has 13 heavy (non-hydrogen) atoms. The van der Waals surface area contributed by atoms with E-state index in [1.165, 1.54) is 6.92 Å². The number of esters is 1. The van der Waals surface area contributed by atoms with Gasteiger partial charge in [-0.15, -0.1) is 0 Å². The summed E-state index contributed by atoms with van der Waals surface area (Å²) in [5, 5.41) is 0.548. The van der Waals surface area contributed by atoms with E-state index in [9.17, 15) is 9.59 Å². The van der Waals surface area contributed by atoms with Crippen molar-refractivity contribution in [2.45, 2.75) is 32.4 Å². The summed E-state index contributed by atoms with van der Waals surface area (Å²) in [5.74, 6) is 0.222. The Labute approximate surface area is 83.2 Å². The maximum atomic E-state index is 10.8. The van der Waals surface area contributed by atoms with Crippen molar-refractivity contribution in [3.63, 3.8) is 0 Å². The normalized spacial score (nSPS) is 10.2. The summed E-state index contributed by atoms with van der Waals surface area (Å²) >= 11 is 1.73. The molecule has 0 fully saturated rings. The third kappa shape index (κ3) is 9.40. The fourth-order valence-electron chi connectivity index (χ4n) is 0.694. The van der Waals surface area contributed by atoms with Crippen molar-refractivity contribution in [2.24, 2.45) is 0 Å². The highest BCUT2D eigenvalue weighted by molar-refractivity contribution is 7.99. The minimum atomic E-state index is -0.420. The fraction of sp³-hybridized carbons (Fsp3) is 0.778. The molecule has 0 aromatic heterocycles. The molecule has 0 N–H and O–H groups in total. The quantitative estimate of drug-likeness (QED) is 0.375. The molecule has 0 radical (unpaired) electrons. The van der Waals surface area contributed by atoms with E-state index in [-0.39, 0.29) is 12.2 Å². The summed E-state index contributed by atoms with van der Waals surface area (Å²) in [6.45, 7) is 5.95. The summed E-state index contributed by atoms with van der Waals surface area (Å²) in [7, 11) is 0. The van der Waals surface area contributed by atoms with E-state index in [0.29, 0.717) is 11.9 Å². The Kier molecular flexibility index (Phi) is 6.68. The lowest BCUT2D eigenvalue weighted by Gasteiger charge is -2.05. The zero-order chi connectivity index (χ0) is 10.3. The second-order valence-corrected chi connectivity index (χ2v) is 4.70.